The van der Waals surface area contributed by atoms with Crippen LogP contribution in [0.1, 0.15) is 45.4 Å². The smallest absolute Gasteiger partial charge is 0.411 e. The van der Waals surface area contributed by atoms with E-state index in [0.29, 0.717) is 6.42 Å². The number of ketones is 1. The van der Waals surface area contributed by atoms with E-state index in [9.17, 15) is 9.59 Å². The summed E-state index contributed by atoms with van der Waals surface area (Å²) >= 11 is 0. The van der Waals surface area contributed by atoms with Crippen molar-refractivity contribution in [2.45, 2.75) is 57.1 Å². The SMILES string of the molecule is C[C@H]1[C@@H]2CCCCN2C(=O)OC12CCCC2=O. The third-order valence-corrected chi connectivity index (χ3v) is 4.79. The summed E-state index contributed by atoms with van der Waals surface area (Å²) in [6.45, 7) is 2.87. The number of piperidine rings is 1. The zero-order chi connectivity index (χ0) is 12.0. The van der Waals surface area contributed by atoms with Crippen molar-refractivity contribution in [1.29, 1.82) is 0 Å². The first-order valence-electron chi connectivity index (χ1n) is 6.68. The standard InChI is InChI=1S/C13H19NO3/c1-9-10-5-2-3-8-14(10)12(16)17-13(9)7-4-6-11(13)15/h9-10H,2-8H2,1H3/t9-,10-,13?/m0/s1. The highest BCUT2D eigenvalue weighted by Crippen LogP contribution is 2.45. The first-order chi connectivity index (χ1) is 8.15. The second kappa shape index (κ2) is 3.72. The summed E-state index contributed by atoms with van der Waals surface area (Å²) in [5, 5.41) is 0. The van der Waals surface area contributed by atoms with Gasteiger partial charge in [0.2, 0.25) is 0 Å². The van der Waals surface area contributed by atoms with Crippen LogP contribution in [-0.2, 0) is 9.53 Å². The number of rotatable bonds is 0. The molecule has 0 bridgehead atoms. The number of ether oxygens (including phenoxy) is 1. The second-order valence-corrected chi connectivity index (χ2v) is 5.58. The fourth-order valence-electron chi connectivity index (χ4n) is 3.77. The molecule has 17 heavy (non-hydrogen) atoms. The summed E-state index contributed by atoms with van der Waals surface area (Å²) in [6, 6.07) is 0.215. The predicted octanol–water partition coefficient (Wildman–Crippen LogP) is 2.12. The van der Waals surface area contributed by atoms with Crippen molar-refractivity contribution < 1.29 is 14.3 Å². The zero-order valence-electron chi connectivity index (χ0n) is 10.3. The first kappa shape index (κ1) is 11.1. The van der Waals surface area contributed by atoms with Crippen molar-refractivity contribution in [1.82, 2.24) is 4.90 Å². The van der Waals surface area contributed by atoms with Crippen molar-refractivity contribution in [3.8, 4) is 0 Å². The van der Waals surface area contributed by atoms with E-state index in [0.717, 1.165) is 38.6 Å². The van der Waals surface area contributed by atoms with Gasteiger partial charge in [-0.1, -0.05) is 6.92 Å². The largest absolute Gasteiger partial charge is 0.434 e. The molecule has 0 radical (unpaired) electrons. The molecule has 0 aromatic carbocycles. The van der Waals surface area contributed by atoms with Crippen LogP contribution in [0.25, 0.3) is 0 Å². The molecule has 2 aliphatic heterocycles. The highest BCUT2D eigenvalue weighted by molar-refractivity contribution is 5.92. The fraction of sp³-hybridized carbons (Fsp3) is 0.846. The maximum absolute atomic E-state index is 12.1. The Morgan fingerprint density at radius 1 is 1.29 bits per heavy atom. The number of hydrogen-bond donors (Lipinski definition) is 0. The van der Waals surface area contributed by atoms with Crippen LogP contribution in [0.2, 0.25) is 0 Å². The number of Topliss-reactive ketones (excluding diaryl/α,β-unsaturated/α-hetero) is 1. The highest BCUT2D eigenvalue weighted by atomic mass is 16.6. The molecule has 1 aliphatic carbocycles. The molecular weight excluding hydrogens is 218 g/mol. The van der Waals surface area contributed by atoms with E-state index in [-0.39, 0.29) is 23.8 Å². The lowest BCUT2D eigenvalue weighted by molar-refractivity contribution is -0.153. The van der Waals surface area contributed by atoms with Crippen molar-refractivity contribution >= 4 is 11.9 Å². The van der Waals surface area contributed by atoms with Crippen LogP contribution in [0.15, 0.2) is 0 Å². The molecule has 3 rings (SSSR count). The number of hydrogen-bond acceptors (Lipinski definition) is 3. The average Bonchev–Trinajstić information content (AvgIpc) is 2.69. The summed E-state index contributed by atoms with van der Waals surface area (Å²) in [5.41, 5.74) is -0.782. The van der Waals surface area contributed by atoms with Crippen molar-refractivity contribution in [3.05, 3.63) is 0 Å². The molecule has 0 N–H and O–H groups in total. The highest BCUT2D eigenvalue weighted by Gasteiger charge is 2.57. The lowest BCUT2D eigenvalue weighted by atomic mass is 9.76. The van der Waals surface area contributed by atoms with Crippen LogP contribution < -0.4 is 0 Å². The van der Waals surface area contributed by atoms with Gasteiger partial charge in [0.05, 0.1) is 0 Å². The number of carbonyl (C=O) groups excluding carboxylic acids is 2. The minimum absolute atomic E-state index is 0.142. The Hall–Kier alpha value is -1.06. The minimum atomic E-state index is -0.782. The molecule has 1 saturated carbocycles. The third kappa shape index (κ3) is 1.42. The van der Waals surface area contributed by atoms with E-state index < -0.39 is 5.60 Å². The lowest BCUT2D eigenvalue weighted by Crippen LogP contribution is -2.63. The lowest BCUT2D eigenvalue weighted by Gasteiger charge is -2.50. The molecule has 3 atom stereocenters. The van der Waals surface area contributed by atoms with Gasteiger partial charge in [0, 0.05) is 24.9 Å². The first-order valence-corrected chi connectivity index (χ1v) is 6.68. The molecule has 3 fully saturated rings. The third-order valence-electron chi connectivity index (χ3n) is 4.79. The molecule has 4 heteroatoms. The molecule has 1 amide bonds. The quantitative estimate of drug-likeness (QED) is 0.648. The molecule has 2 heterocycles. The Labute approximate surface area is 101 Å². The minimum Gasteiger partial charge on any atom is -0.434 e. The van der Waals surface area contributed by atoms with Crippen LogP contribution in [0.3, 0.4) is 0 Å². The number of carbonyl (C=O) groups is 2. The van der Waals surface area contributed by atoms with Crippen LogP contribution in [0.4, 0.5) is 4.79 Å². The Morgan fingerprint density at radius 2 is 2.12 bits per heavy atom. The molecule has 2 saturated heterocycles. The molecule has 0 aromatic rings. The summed E-state index contributed by atoms with van der Waals surface area (Å²) in [5.74, 6) is 0.291. The monoisotopic (exact) mass is 237 g/mol. The van der Waals surface area contributed by atoms with E-state index >= 15 is 0 Å². The van der Waals surface area contributed by atoms with Gasteiger partial charge in [-0.05, 0) is 32.1 Å². The molecule has 3 aliphatic rings. The van der Waals surface area contributed by atoms with Gasteiger partial charge in [-0.25, -0.2) is 4.79 Å². The van der Waals surface area contributed by atoms with E-state index in [1.54, 1.807) is 0 Å². The van der Waals surface area contributed by atoms with Crippen LogP contribution in [0.5, 0.6) is 0 Å². The fourth-order valence-corrected chi connectivity index (χ4v) is 3.77. The van der Waals surface area contributed by atoms with Gasteiger partial charge in [0.15, 0.2) is 11.4 Å². The van der Waals surface area contributed by atoms with E-state index in [1.807, 2.05) is 4.90 Å². The molecular formula is C13H19NO3. The van der Waals surface area contributed by atoms with Gasteiger partial charge in [-0.3, -0.25) is 4.79 Å². The molecule has 4 nitrogen and oxygen atoms in total. The molecule has 94 valence electrons. The van der Waals surface area contributed by atoms with Crippen LogP contribution in [0, 0.1) is 5.92 Å². The Morgan fingerprint density at radius 3 is 2.82 bits per heavy atom. The van der Waals surface area contributed by atoms with Gasteiger partial charge in [-0.15, -0.1) is 0 Å². The summed E-state index contributed by atoms with van der Waals surface area (Å²) in [4.78, 5) is 26.0. The van der Waals surface area contributed by atoms with Gasteiger partial charge in [0.1, 0.15) is 0 Å². The normalized spacial score (nSPS) is 41.6. The Kier molecular flexibility index (Phi) is 2.42. The summed E-state index contributed by atoms with van der Waals surface area (Å²) < 4.78 is 5.57. The summed E-state index contributed by atoms with van der Waals surface area (Å²) in [6.07, 6.45) is 5.13. The van der Waals surface area contributed by atoms with Crippen LogP contribution in [-0.4, -0.2) is 35.0 Å². The Balaban J connectivity index is 1.93. The zero-order valence-corrected chi connectivity index (χ0v) is 10.3. The molecule has 0 aromatic heterocycles. The number of amides is 1. The maximum Gasteiger partial charge on any atom is 0.411 e. The topological polar surface area (TPSA) is 46.6 Å². The van der Waals surface area contributed by atoms with Crippen molar-refractivity contribution in [2.75, 3.05) is 6.54 Å². The second-order valence-electron chi connectivity index (χ2n) is 5.58. The Bertz CT molecular complexity index is 368. The molecule has 1 unspecified atom stereocenters. The van der Waals surface area contributed by atoms with Gasteiger partial charge < -0.3 is 9.64 Å². The van der Waals surface area contributed by atoms with Crippen molar-refractivity contribution in [2.24, 2.45) is 5.92 Å². The van der Waals surface area contributed by atoms with E-state index in [2.05, 4.69) is 6.92 Å². The van der Waals surface area contributed by atoms with Crippen molar-refractivity contribution in [3.63, 3.8) is 0 Å². The van der Waals surface area contributed by atoms with Gasteiger partial charge >= 0.3 is 6.09 Å². The molecule has 1 spiro atoms. The average molecular weight is 237 g/mol. The predicted molar refractivity (Wildman–Crippen MR) is 61.6 cm³/mol. The number of fused-ring (bicyclic) bond motifs is 1. The van der Waals surface area contributed by atoms with Crippen LogP contribution >= 0.6 is 0 Å². The van der Waals surface area contributed by atoms with Gasteiger partial charge in [-0.2, -0.15) is 0 Å². The van der Waals surface area contributed by atoms with Gasteiger partial charge in [0.25, 0.3) is 0 Å². The van der Waals surface area contributed by atoms with E-state index in [1.165, 1.54) is 0 Å². The number of nitrogens with zero attached hydrogens (tertiary/aromatic N) is 1. The van der Waals surface area contributed by atoms with E-state index in [4.69, 9.17) is 4.74 Å². The maximum atomic E-state index is 12.1. The summed E-state index contributed by atoms with van der Waals surface area (Å²) in [7, 11) is 0.